The van der Waals surface area contributed by atoms with Gasteiger partial charge < -0.3 is 9.84 Å². The minimum atomic E-state index is -0.0172. The summed E-state index contributed by atoms with van der Waals surface area (Å²) in [5, 5.41) is 8.82. The number of aliphatic hydroxyl groups excluding tert-OH is 1. The third-order valence-corrected chi connectivity index (χ3v) is 2.01. The van der Waals surface area contributed by atoms with Crippen LogP contribution in [-0.2, 0) is 13.0 Å². The highest BCUT2D eigenvalue weighted by molar-refractivity contribution is 5.34. The number of hydrogen-bond donors (Lipinski definition) is 1. The summed E-state index contributed by atoms with van der Waals surface area (Å²) in [6, 6.07) is 1.81. The lowest BCUT2D eigenvalue weighted by Crippen LogP contribution is -2.09. The van der Waals surface area contributed by atoms with Crippen molar-refractivity contribution >= 4 is 0 Å². The van der Waals surface area contributed by atoms with Gasteiger partial charge in [0.25, 0.3) is 0 Å². The second-order valence-electron chi connectivity index (χ2n) is 2.89. The van der Waals surface area contributed by atoms with Crippen molar-refractivity contribution in [1.29, 1.82) is 0 Å². The molecule has 1 aromatic rings. The number of pyridine rings is 1. The van der Waals surface area contributed by atoms with Crippen LogP contribution in [0, 0.1) is 0 Å². The fourth-order valence-corrected chi connectivity index (χ4v) is 1.36. The number of fused-ring (bicyclic) bond motifs is 1. The number of aromatic nitrogens is 1. The summed E-state index contributed by atoms with van der Waals surface area (Å²) >= 11 is 0. The number of nitrogens with zero attached hydrogens (tertiary/aromatic N) is 1. The van der Waals surface area contributed by atoms with Crippen molar-refractivity contribution in [3.05, 3.63) is 23.5 Å². The molecule has 0 spiro atoms. The molecule has 1 aliphatic rings. The molecule has 2 heterocycles. The van der Waals surface area contributed by atoms with Gasteiger partial charge in [-0.25, -0.2) is 0 Å². The first kappa shape index (κ1) is 7.55. The average molecular weight is 165 g/mol. The summed E-state index contributed by atoms with van der Waals surface area (Å²) in [6.07, 6.45) is 3.89. The second-order valence-corrected chi connectivity index (χ2v) is 2.89. The van der Waals surface area contributed by atoms with E-state index in [2.05, 4.69) is 4.98 Å². The Labute approximate surface area is 71.0 Å². The molecule has 12 heavy (non-hydrogen) atoms. The molecule has 0 fully saturated rings. The molecule has 0 aromatic carbocycles. The molecular formula is C9H11NO2. The van der Waals surface area contributed by atoms with Crippen LogP contribution in [0.15, 0.2) is 12.3 Å². The normalized spacial score (nSPS) is 15.1. The molecule has 0 unspecified atom stereocenters. The molecule has 64 valence electrons. The molecule has 2 rings (SSSR count). The van der Waals surface area contributed by atoms with Crippen LogP contribution >= 0.6 is 0 Å². The lowest BCUT2D eigenvalue weighted by molar-refractivity contribution is 0.268. The fraction of sp³-hybridized carbons (Fsp3) is 0.444. The Bertz CT molecular complexity index is 286. The molecule has 0 amide bonds. The maximum atomic E-state index is 8.82. The smallest absolute Gasteiger partial charge is 0.125 e. The Kier molecular flexibility index (Phi) is 1.96. The van der Waals surface area contributed by atoms with Gasteiger partial charge in [0.15, 0.2) is 0 Å². The van der Waals surface area contributed by atoms with Crippen molar-refractivity contribution < 1.29 is 9.84 Å². The van der Waals surface area contributed by atoms with E-state index in [0.717, 1.165) is 30.8 Å². The number of aryl methyl sites for hydroxylation is 1. The van der Waals surface area contributed by atoms with Crippen molar-refractivity contribution in [3.63, 3.8) is 0 Å². The van der Waals surface area contributed by atoms with Gasteiger partial charge in [-0.2, -0.15) is 0 Å². The van der Waals surface area contributed by atoms with Crippen molar-refractivity contribution in [2.75, 3.05) is 6.61 Å². The van der Waals surface area contributed by atoms with Crippen LogP contribution in [-0.4, -0.2) is 16.7 Å². The molecule has 0 saturated carbocycles. The molecule has 1 aliphatic heterocycles. The van der Waals surface area contributed by atoms with Gasteiger partial charge in [-0.1, -0.05) is 0 Å². The van der Waals surface area contributed by atoms with Crippen LogP contribution in [0.1, 0.15) is 17.7 Å². The zero-order valence-electron chi connectivity index (χ0n) is 6.79. The van der Waals surface area contributed by atoms with E-state index < -0.39 is 0 Å². The van der Waals surface area contributed by atoms with Crippen molar-refractivity contribution in [3.8, 4) is 5.75 Å². The van der Waals surface area contributed by atoms with E-state index in [-0.39, 0.29) is 6.61 Å². The highest BCUT2D eigenvalue weighted by atomic mass is 16.5. The van der Waals surface area contributed by atoms with Crippen molar-refractivity contribution in [2.45, 2.75) is 19.4 Å². The zero-order chi connectivity index (χ0) is 8.39. The highest BCUT2D eigenvalue weighted by Crippen LogP contribution is 2.24. The Balaban J connectivity index is 2.36. The van der Waals surface area contributed by atoms with Crippen LogP contribution in [0.2, 0.25) is 0 Å². The molecule has 3 nitrogen and oxygen atoms in total. The van der Waals surface area contributed by atoms with Crippen LogP contribution in [0.3, 0.4) is 0 Å². The Hall–Kier alpha value is -1.09. The maximum Gasteiger partial charge on any atom is 0.125 e. The molecule has 0 radical (unpaired) electrons. The molecule has 3 heteroatoms. The molecule has 0 bridgehead atoms. The number of ether oxygens (including phenoxy) is 1. The number of aliphatic hydroxyl groups is 1. The van der Waals surface area contributed by atoms with Crippen LogP contribution in [0.5, 0.6) is 5.75 Å². The Morgan fingerprint density at radius 3 is 3.33 bits per heavy atom. The summed E-state index contributed by atoms with van der Waals surface area (Å²) in [4.78, 5) is 4.08. The standard InChI is InChI=1S/C9H11NO2/c11-6-8-4-9-7(5-10-8)2-1-3-12-9/h4-5,11H,1-3,6H2. The highest BCUT2D eigenvalue weighted by Gasteiger charge is 2.10. The summed E-state index contributed by atoms with van der Waals surface area (Å²) in [5.74, 6) is 0.889. The molecule has 1 N–H and O–H groups in total. The van der Waals surface area contributed by atoms with Gasteiger partial charge in [0, 0.05) is 17.8 Å². The molecule has 0 atom stereocenters. The first-order chi connectivity index (χ1) is 5.90. The van der Waals surface area contributed by atoms with E-state index in [1.807, 2.05) is 6.07 Å². The van der Waals surface area contributed by atoms with Gasteiger partial charge in [-0.15, -0.1) is 0 Å². The van der Waals surface area contributed by atoms with Crippen LogP contribution in [0.25, 0.3) is 0 Å². The van der Waals surface area contributed by atoms with Crippen LogP contribution in [0.4, 0.5) is 0 Å². The van der Waals surface area contributed by atoms with E-state index in [4.69, 9.17) is 9.84 Å². The lowest BCUT2D eigenvalue weighted by atomic mass is 10.1. The van der Waals surface area contributed by atoms with Crippen LogP contribution < -0.4 is 4.74 Å². The predicted octanol–water partition coefficient (Wildman–Crippen LogP) is 0.899. The summed E-state index contributed by atoms with van der Waals surface area (Å²) in [6.45, 7) is 0.762. The molecular weight excluding hydrogens is 154 g/mol. The average Bonchev–Trinajstić information content (AvgIpc) is 2.17. The van der Waals surface area contributed by atoms with E-state index in [1.165, 1.54) is 0 Å². The van der Waals surface area contributed by atoms with Gasteiger partial charge in [-0.05, 0) is 12.8 Å². The van der Waals surface area contributed by atoms with Gasteiger partial charge in [0.2, 0.25) is 0 Å². The first-order valence-electron chi connectivity index (χ1n) is 4.11. The molecule has 1 aromatic heterocycles. The topological polar surface area (TPSA) is 42.4 Å². The predicted molar refractivity (Wildman–Crippen MR) is 44.0 cm³/mol. The summed E-state index contributed by atoms with van der Waals surface area (Å²) in [7, 11) is 0. The number of rotatable bonds is 1. The SMILES string of the molecule is OCc1cc2c(cn1)CCCO2. The monoisotopic (exact) mass is 165 g/mol. The lowest BCUT2D eigenvalue weighted by Gasteiger charge is -2.16. The van der Waals surface area contributed by atoms with Crippen molar-refractivity contribution in [1.82, 2.24) is 4.98 Å². The van der Waals surface area contributed by atoms with E-state index in [1.54, 1.807) is 6.20 Å². The third kappa shape index (κ3) is 1.28. The van der Waals surface area contributed by atoms with E-state index in [0.29, 0.717) is 5.69 Å². The Morgan fingerprint density at radius 1 is 1.58 bits per heavy atom. The van der Waals surface area contributed by atoms with Gasteiger partial charge in [0.1, 0.15) is 5.75 Å². The van der Waals surface area contributed by atoms with E-state index >= 15 is 0 Å². The molecule has 0 aliphatic carbocycles. The van der Waals surface area contributed by atoms with E-state index in [9.17, 15) is 0 Å². The van der Waals surface area contributed by atoms with Gasteiger partial charge >= 0.3 is 0 Å². The van der Waals surface area contributed by atoms with Gasteiger partial charge in [-0.3, -0.25) is 4.98 Å². The summed E-state index contributed by atoms with van der Waals surface area (Å²) < 4.78 is 5.41. The van der Waals surface area contributed by atoms with Crippen molar-refractivity contribution in [2.24, 2.45) is 0 Å². The molecule has 0 saturated heterocycles. The van der Waals surface area contributed by atoms with Gasteiger partial charge in [0.05, 0.1) is 18.9 Å². The second kappa shape index (κ2) is 3.11. The zero-order valence-corrected chi connectivity index (χ0v) is 6.79. The largest absolute Gasteiger partial charge is 0.493 e. The maximum absolute atomic E-state index is 8.82. The quantitative estimate of drug-likeness (QED) is 0.672. The minimum Gasteiger partial charge on any atom is -0.493 e. The minimum absolute atomic E-state index is 0.0172. The number of hydrogen-bond acceptors (Lipinski definition) is 3. The fourth-order valence-electron chi connectivity index (χ4n) is 1.36. The Morgan fingerprint density at radius 2 is 2.50 bits per heavy atom. The first-order valence-corrected chi connectivity index (χ1v) is 4.11. The third-order valence-electron chi connectivity index (χ3n) is 2.01. The summed E-state index contributed by atoms with van der Waals surface area (Å²) in [5.41, 5.74) is 1.83.